The lowest BCUT2D eigenvalue weighted by molar-refractivity contribution is 0.102. The minimum atomic E-state index is -0.633. The molecule has 0 unspecified atom stereocenters. The number of benzene rings is 2. The molecule has 0 aromatic heterocycles. The van der Waals surface area contributed by atoms with Gasteiger partial charge in [-0.1, -0.05) is 0 Å². The SMILES string of the molecule is Cc1cc(NC(=O)c2ccc(F)cc2O)ccc1F. The van der Waals surface area contributed by atoms with Crippen molar-refractivity contribution in [2.75, 3.05) is 5.32 Å². The van der Waals surface area contributed by atoms with E-state index in [4.69, 9.17) is 0 Å². The number of hydrogen-bond acceptors (Lipinski definition) is 2. The molecule has 1 amide bonds. The molecule has 19 heavy (non-hydrogen) atoms. The summed E-state index contributed by atoms with van der Waals surface area (Å²) in [5, 5.41) is 12.0. The Balaban J connectivity index is 2.23. The van der Waals surface area contributed by atoms with Crippen LogP contribution in [0, 0.1) is 18.6 Å². The van der Waals surface area contributed by atoms with E-state index in [1.54, 1.807) is 6.92 Å². The molecule has 5 heteroatoms. The number of phenols is 1. The third kappa shape index (κ3) is 2.88. The summed E-state index contributed by atoms with van der Waals surface area (Å²) in [6.45, 7) is 1.57. The summed E-state index contributed by atoms with van der Waals surface area (Å²) in [6, 6.07) is 7.20. The molecule has 0 spiro atoms. The van der Waals surface area contributed by atoms with Crippen molar-refractivity contribution in [1.29, 1.82) is 0 Å². The van der Waals surface area contributed by atoms with Gasteiger partial charge < -0.3 is 10.4 Å². The molecule has 2 rings (SSSR count). The Hall–Kier alpha value is -2.43. The van der Waals surface area contributed by atoms with Crippen LogP contribution in [0.2, 0.25) is 0 Å². The van der Waals surface area contributed by atoms with Gasteiger partial charge in [0.2, 0.25) is 0 Å². The van der Waals surface area contributed by atoms with E-state index in [1.807, 2.05) is 0 Å². The van der Waals surface area contributed by atoms with Gasteiger partial charge >= 0.3 is 0 Å². The molecule has 0 saturated carbocycles. The van der Waals surface area contributed by atoms with Gasteiger partial charge in [0.15, 0.2) is 0 Å². The van der Waals surface area contributed by atoms with Crippen molar-refractivity contribution < 1.29 is 18.7 Å². The summed E-state index contributed by atoms with van der Waals surface area (Å²) in [7, 11) is 0. The second kappa shape index (κ2) is 5.06. The number of hydrogen-bond donors (Lipinski definition) is 2. The fraction of sp³-hybridized carbons (Fsp3) is 0.0714. The molecule has 2 aromatic rings. The first-order valence-electron chi connectivity index (χ1n) is 5.53. The fourth-order valence-electron chi connectivity index (χ4n) is 1.62. The zero-order chi connectivity index (χ0) is 14.0. The first-order chi connectivity index (χ1) is 8.97. The standard InChI is InChI=1S/C14H11F2NO2/c1-8-6-10(3-5-12(8)16)17-14(19)11-4-2-9(15)7-13(11)18/h2-7,18H,1H3,(H,17,19). The zero-order valence-electron chi connectivity index (χ0n) is 10.1. The van der Waals surface area contributed by atoms with Crippen LogP contribution in [0.5, 0.6) is 5.75 Å². The summed E-state index contributed by atoms with van der Waals surface area (Å²) in [5.41, 5.74) is 0.733. The van der Waals surface area contributed by atoms with Crippen LogP contribution in [0.15, 0.2) is 36.4 Å². The lowest BCUT2D eigenvalue weighted by atomic mass is 10.1. The third-order valence-electron chi connectivity index (χ3n) is 2.62. The second-order valence-corrected chi connectivity index (χ2v) is 4.08. The predicted molar refractivity (Wildman–Crippen MR) is 67.2 cm³/mol. The van der Waals surface area contributed by atoms with Crippen LogP contribution in [0.25, 0.3) is 0 Å². The Morgan fingerprint density at radius 1 is 1.16 bits per heavy atom. The van der Waals surface area contributed by atoms with Crippen molar-refractivity contribution in [3.05, 3.63) is 59.2 Å². The Morgan fingerprint density at radius 3 is 2.53 bits per heavy atom. The monoisotopic (exact) mass is 263 g/mol. The summed E-state index contributed by atoms with van der Waals surface area (Å²) in [6.07, 6.45) is 0. The maximum absolute atomic E-state index is 13.1. The smallest absolute Gasteiger partial charge is 0.259 e. The molecule has 0 radical (unpaired) electrons. The van der Waals surface area contributed by atoms with Crippen LogP contribution in [-0.2, 0) is 0 Å². The van der Waals surface area contributed by atoms with Crippen LogP contribution in [-0.4, -0.2) is 11.0 Å². The number of halogens is 2. The highest BCUT2D eigenvalue weighted by Gasteiger charge is 2.12. The van der Waals surface area contributed by atoms with Gasteiger partial charge in [0, 0.05) is 11.8 Å². The minimum absolute atomic E-state index is 0.0524. The maximum atomic E-state index is 13.1. The lowest BCUT2D eigenvalue weighted by Crippen LogP contribution is -2.12. The molecule has 2 N–H and O–H groups in total. The molecule has 0 heterocycles. The van der Waals surface area contributed by atoms with E-state index in [-0.39, 0.29) is 11.4 Å². The Labute approximate surface area is 108 Å². The molecule has 3 nitrogen and oxygen atoms in total. The van der Waals surface area contributed by atoms with Crippen LogP contribution < -0.4 is 5.32 Å². The van der Waals surface area contributed by atoms with E-state index >= 15 is 0 Å². The molecule has 0 aliphatic rings. The second-order valence-electron chi connectivity index (χ2n) is 4.08. The molecule has 0 atom stereocenters. The van der Waals surface area contributed by atoms with Gasteiger partial charge in [-0.3, -0.25) is 4.79 Å². The van der Waals surface area contributed by atoms with Crippen molar-refractivity contribution in [2.45, 2.75) is 6.92 Å². The molecular formula is C14H11F2NO2. The van der Waals surface area contributed by atoms with Crippen molar-refractivity contribution in [2.24, 2.45) is 0 Å². The Morgan fingerprint density at radius 2 is 1.89 bits per heavy atom. The number of aromatic hydroxyl groups is 1. The Bertz CT molecular complexity index is 641. The fourth-order valence-corrected chi connectivity index (χ4v) is 1.62. The van der Waals surface area contributed by atoms with Crippen LogP contribution >= 0.6 is 0 Å². The first-order valence-corrected chi connectivity index (χ1v) is 5.53. The van der Waals surface area contributed by atoms with Gasteiger partial charge in [0.1, 0.15) is 17.4 Å². The summed E-state index contributed by atoms with van der Waals surface area (Å²) in [4.78, 5) is 11.9. The quantitative estimate of drug-likeness (QED) is 0.873. The molecule has 0 fully saturated rings. The zero-order valence-corrected chi connectivity index (χ0v) is 10.1. The molecule has 0 aliphatic carbocycles. The molecule has 0 aliphatic heterocycles. The number of carbonyl (C=O) groups is 1. The van der Waals surface area contributed by atoms with Crippen LogP contribution in [0.1, 0.15) is 15.9 Å². The highest BCUT2D eigenvalue weighted by molar-refractivity contribution is 6.06. The van der Waals surface area contributed by atoms with E-state index in [1.165, 1.54) is 24.3 Å². The van der Waals surface area contributed by atoms with Crippen LogP contribution in [0.3, 0.4) is 0 Å². The average molecular weight is 263 g/mol. The normalized spacial score (nSPS) is 10.3. The van der Waals surface area contributed by atoms with Crippen molar-refractivity contribution in [3.63, 3.8) is 0 Å². The maximum Gasteiger partial charge on any atom is 0.259 e. The van der Waals surface area contributed by atoms with Gasteiger partial charge in [-0.15, -0.1) is 0 Å². The van der Waals surface area contributed by atoms with E-state index in [0.717, 1.165) is 12.1 Å². The molecule has 0 saturated heterocycles. The van der Waals surface area contributed by atoms with Crippen LogP contribution in [0.4, 0.5) is 14.5 Å². The number of amides is 1. The summed E-state index contributed by atoms with van der Waals surface area (Å²) < 4.78 is 25.9. The van der Waals surface area contributed by atoms with Gasteiger partial charge in [-0.05, 0) is 42.8 Å². The number of anilines is 1. The highest BCUT2D eigenvalue weighted by Crippen LogP contribution is 2.20. The number of rotatable bonds is 2. The van der Waals surface area contributed by atoms with Gasteiger partial charge in [0.05, 0.1) is 5.56 Å². The summed E-state index contributed by atoms with van der Waals surface area (Å²) in [5.74, 6) is -2.05. The number of nitrogens with one attached hydrogen (secondary N) is 1. The lowest BCUT2D eigenvalue weighted by Gasteiger charge is -2.08. The molecule has 0 bridgehead atoms. The van der Waals surface area contributed by atoms with Crippen molar-refractivity contribution >= 4 is 11.6 Å². The predicted octanol–water partition coefficient (Wildman–Crippen LogP) is 3.23. The Kier molecular flexibility index (Phi) is 3.46. The number of phenolic OH excluding ortho intramolecular Hbond substituents is 1. The van der Waals surface area contributed by atoms with E-state index in [9.17, 15) is 18.7 Å². The van der Waals surface area contributed by atoms with Gasteiger partial charge in [0.25, 0.3) is 5.91 Å². The van der Waals surface area contributed by atoms with Gasteiger partial charge in [-0.2, -0.15) is 0 Å². The third-order valence-corrected chi connectivity index (χ3v) is 2.62. The average Bonchev–Trinajstić information content (AvgIpc) is 2.33. The largest absolute Gasteiger partial charge is 0.507 e. The summed E-state index contributed by atoms with van der Waals surface area (Å²) >= 11 is 0. The number of carbonyl (C=O) groups excluding carboxylic acids is 1. The molecule has 98 valence electrons. The van der Waals surface area contributed by atoms with E-state index in [2.05, 4.69) is 5.32 Å². The topological polar surface area (TPSA) is 49.3 Å². The highest BCUT2D eigenvalue weighted by atomic mass is 19.1. The minimum Gasteiger partial charge on any atom is -0.507 e. The van der Waals surface area contributed by atoms with E-state index < -0.39 is 17.5 Å². The molecular weight excluding hydrogens is 252 g/mol. The number of aryl methyl sites for hydroxylation is 1. The van der Waals surface area contributed by atoms with Crippen molar-refractivity contribution in [1.82, 2.24) is 0 Å². The van der Waals surface area contributed by atoms with Crippen molar-refractivity contribution in [3.8, 4) is 5.75 Å². The first kappa shape index (κ1) is 13.0. The molecule has 2 aromatic carbocycles. The van der Waals surface area contributed by atoms with E-state index in [0.29, 0.717) is 11.3 Å². The van der Waals surface area contributed by atoms with Gasteiger partial charge in [-0.25, -0.2) is 8.78 Å².